The monoisotopic (exact) mass is 664 g/mol. The summed E-state index contributed by atoms with van der Waals surface area (Å²) >= 11 is 0. The number of carboxylic acid groups (broad SMARTS) is 1. The fourth-order valence-corrected chi connectivity index (χ4v) is 6.13. The second kappa shape index (κ2) is 37.0. The number of esters is 1. The first kappa shape index (κ1) is 45.2. The molecule has 47 heavy (non-hydrogen) atoms. The lowest BCUT2D eigenvalue weighted by molar-refractivity contribution is -0.147. The van der Waals surface area contributed by atoms with Crippen LogP contribution in [0.5, 0.6) is 0 Å². The van der Waals surface area contributed by atoms with Crippen LogP contribution in [0.4, 0.5) is 0 Å². The van der Waals surface area contributed by atoms with Crippen LogP contribution < -0.4 is 5.32 Å². The number of hydrogen-bond donors (Lipinski definition) is 2. The van der Waals surface area contributed by atoms with E-state index in [1.165, 1.54) is 141 Å². The van der Waals surface area contributed by atoms with Gasteiger partial charge < -0.3 is 15.2 Å². The molecule has 1 unspecified atom stereocenters. The lowest BCUT2D eigenvalue weighted by Crippen LogP contribution is -2.28. The third kappa shape index (κ3) is 36.8. The number of hydrogen-bond acceptors (Lipinski definition) is 4. The molecule has 0 spiro atoms. The Balaban J connectivity index is 4.01. The van der Waals surface area contributed by atoms with Gasteiger partial charge in [0.2, 0.25) is 5.91 Å². The summed E-state index contributed by atoms with van der Waals surface area (Å²) in [5, 5.41) is 11.1. The number of rotatable bonds is 37. The molecule has 6 nitrogen and oxygen atoms in total. The van der Waals surface area contributed by atoms with Crippen LogP contribution in [0.25, 0.3) is 0 Å². The largest absolute Gasteiger partial charge is 0.480 e. The Bertz CT molecular complexity index is 737. The number of carbonyl (C=O) groups excluding carboxylic acids is 2. The van der Waals surface area contributed by atoms with E-state index in [-0.39, 0.29) is 24.5 Å². The first-order chi connectivity index (χ1) is 23.0. The molecule has 0 aromatic heterocycles. The fourth-order valence-electron chi connectivity index (χ4n) is 6.13. The van der Waals surface area contributed by atoms with Gasteiger partial charge in [-0.25, -0.2) is 0 Å². The minimum Gasteiger partial charge on any atom is -0.480 e. The summed E-state index contributed by atoms with van der Waals surface area (Å²) in [6.45, 7) is 4.20. The standard InChI is InChI=1S/C41H77NO5/c1-3-5-7-9-11-13-14-15-16-17-18-19-20-21-22-24-26-32-36-41(46)47-38(33-29-25-23-12-10-8-6-4-2)34-30-27-28-31-35-39(43)42-37-40(44)45/h29,33,38H,3-28,30-32,34-37H2,1-2H3,(H,42,43)(H,44,45)/b33-29-. The molecule has 6 heteroatoms. The summed E-state index contributed by atoms with van der Waals surface area (Å²) in [6.07, 6.45) is 42.1. The Morgan fingerprint density at radius 2 is 0.957 bits per heavy atom. The molecule has 1 atom stereocenters. The van der Waals surface area contributed by atoms with Gasteiger partial charge in [-0.2, -0.15) is 0 Å². The third-order valence-corrected chi connectivity index (χ3v) is 9.17. The minimum absolute atomic E-state index is 0.0780. The van der Waals surface area contributed by atoms with Crippen LogP contribution in [-0.2, 0) is 19.1 Å². The first-order valence-electron chi connectivity index (χ1n) is 20.3. The lowest BCUT2D eigenvalue weighted by atomic mass is 10.0. The maximum atomic E-state index is 12.6. The molecule has 2 N–H and O–H groups in total. The molecule has 0 aromatic rings. The molecule has 276 valence electrons. The van der Waals surface area contributed by atoms with E-state index in [0.717, 1.165) is 51.4 Å². The fraction of sp³-hybridized carbons (Fsp3) is 0.878. The summed E-state index contributed by atoms with van der Waals surface area (Å²) < 4.78 is 5.90. The third-order valence-electron chi connectivity index (χ3n) is 9.17. The SMILES string of the molecule is CCCCCCCC/C=C\C(CCCCCCC(=O)NCC(=O)O)OC(=O)CCCCCCCCCCCCCCCCCCCC. The molecule has 1 amide bonds. The lowest BCUT2D eigenvalue weighted by Gasteiger charge is -2.15. The second-order valence-electron chi connectivity index (χ2n) is 13.9. The van der Waals surface area contributed by atoms with Crippen LogP contribution >= 0.6 is 0 Å². The first-order valence-corrected chi connectivity index (χ1v) is 20.3. The van der Waals surface area contributed by atoms with E-state index >= 15 is 0 Å². The number of amides is 1. The van der Waals surface area contributed by atoms with Gasteiger partial charge in [0, 0.05) is 12.8 Å². The van der Waals surface area contributed by atoms with E-state index < -0.39 is 5.97 Å². The van der Waals surface area contributed by atoms with Crippen LogP contribution in [0.2, 0.25) is 0 Å². The molecule has 0 saturated heterocycles. The second-order valence-corrected chi connectivity index (χ2v) is 13.9. The molecule has 0 saturated carbocycles. The molecule has 0 bridgehead atoms. The van der Waals surface area contributed by atoms with Gasteiger partial charge in [0.05, 0.1) is 0 Å². The van der Waals surface area contributed by atoms with E-state index in [2.05, 4.69) is 31.3 Å². The van der Waals surface area contributed by atoms with Gasteiger partial charge in [0.15, 0.2) is 0 Å². The van der Waals surface area contributed by atoms with Crippen LogP contribution in [0, 0.1) is 0 Å². The van der Waals surface area contributed by atoms with Crippen LogP contribution in [0.3, 0.4) is 0 Å². The van der Waals surface area contributed by atoms with Crippen molar-refractivity contribution in [2.45, 2.75) is 225 Å². The maximum Gasteiger partial charge on any atom is 0.322 e. The van der Waals surface area contributed by atoms with Crippen molar-refractivity contribution >= 4 is 17.8 Å². The van der Waals surface area contributed by atoms with Crippen molar-refractivity contribution in [3.05, 3.63) is 12.2 Å². The van der Waals surface area contributed by atoms with Crippen LogP contribution in [-0.4, -0.2) is 35.6 Å². The average molecular weight is 664 g/mol. The molecule has 0 rings (SSSR count). The summed E-state index contributed by atoms with van der Waals surface area (Å²) in [6, 6.07) is 0. The van der Waals surface area contributed by atoms with Gasteiger partial charge in [0.25, 0.3) is 0 Å². The van der Waals surface area contributed by atoms with Crippen molar-refractivity contribution in [3.63, 3.8) is 0 Å². The number of ether oxygens (including phenoxy) is 1. The predicted octanol–water partition coefficient (Wildman–Crippen LogP) is 12.2. The average Bonchev–Trinajstić information content (AvgIpc) is 3.05. The molecule has 0 heterocycles. The highest BCUT2D eigenvalue weighted by molar-refractivity contribution is 5.80. The molecular weight excluding hydrogens is 586 g/mol. The van der Waals surface area contributed by atoms with Crippen molar-refractivity contribution in [2.75, 3.05) is 6.54 Å². The number of carbonyl (C=O) groups is 3. The summed E-state index contributed by atoms with van der Waals surface area (Å²) in [7, 11) is 0. The van der Waals surface area contributed by atoms with Gasteiger partial charge in [-0.3, -0.25) is 14.4 Å². The van der Waals surface area contributed by atoms with Crippen LogP contribution in [0.15, 0.2) is 12.2 Å². The quantitative estimate of drug-likeness (QED) is 0.0392. The van der Waals surface area contributed by atoms with Crippen molar-refractivity contribution in [1.29, 1.82) is 0 Å². The van der Waals surface area contributed by atoms with Gasteiger partial charge in [-0.1, -0.05) is 174 Å². The molecule has 0 fully saturated rings. The number of carboxylic acids is 1. The maximum absolute atomic E-state index is 12.6. The predicted molar refractivity (Wildman–Crippen MR) is 199 cm³/mol. The Morgan fingerprint density at radius 1 is 0.553 bits per heavy atom. The minimum atomic E-state index is -1.02. The summed E-state index contributed by atoms with van der Waals surface area (Å²) in [5.41, 5.74) is 0. The number of allylic oxidation sites excluding steroid dienone is 1. The van der Waals surface area contributed by atoms with E-state index in [4.69, 9.17) is 9.84 Å². The van der Waals surface area contributed by atoms with Gasteiger partial charge in [-0.05, 0) is 44.6 Å². The van der Waals surface area contributed by atoms with E-state index in [1.54, 1.807) is 0 Å². The number of aliphatic carboxylic acids is 1. The van der Waals surface area contributed by atoms with E-state index in [1.807, 2.05) is 0 Å². The normalized spacial score (nSPS) is 12.0. The molecular formula is C41H77NO5. The Kier molecular flexibility index (Phi) is 35.5. The van der Waals surface area contributed by atoms with E-state index in [0.29, 0.717) is 12.8 Å². The summed E-state index contributed by atoms with van der Waals surface area (Å²) in [5.74, 6) is -1.31. The highest BCUT2D eigenvalue weighted by atomic mass is 16.5. The van der Waals surface area contributed by atoms with Crippen molar-refractivity contribution in [1.82, 2.24) is 5.32 Å². The van der Waals surface area contributed by atoms with E-state index in [9.17, 15) is 14.4 Å². The molecule has 0 radical (unpaired) electrons. The van der Waals surface area contributed by atoms with Crippen molar-refractivity contribution in [3.8, 4) is 0 Å². The highest BCUT2D eigenvalue weighted by Gasteiger charge is 2.12. The zero-order valence-electron chi connectivity index (χ0n) is 31.1. The molecule has 0 aliphatic rings. The van der Waals surface area contributed by atoms with Gasteiger partial charge >= 0.3 is 11.9 Å². The summed E-state index contributed by atoms with van der Waals surface area (Å²) in [4.78, 5) is 34.9. The molecule has 0 aromatic carbocycles. The number of unbranched alkanes of at least 4 members (excludes halogenated alkanes) is 26. The Labute approximate surface area is 291 Å². The molecule has 0 aliphatic carbocycles. The van der Waals surface area contributed by atoms with Gasteiger partial charge in [-0.15, -0.1) is 0 Å². The molecule has 0 aliphatic heterocycles. The number of nitrogens with one attached hydrogen (secondary N) is 1. The van der Waals surface area contributed by atoms with Crippen LogP contribution in [0.1, 0.15) is 219 Å². The highest BCUT2D eigenvalue weighted by Crippen LogP contribution is 2.17. The van der Waals surface area contributed by atoms with Gasteiger partial charge in [0.1, 0.15) is 12.6 Å². The Hall–Kier alpha value is -1.85. The Morgan fingerprint density at radius 3 is 1.43 bits per heavy atom. The van der Waals surface area contributed by atoms with Crippen molar-refractivity contribution in [2.24, 2.45) is 0 Å². The zero-order chi connectivity index (χ0) is 34.5. The van der Waals surface area contributed by atoms with Crippen molar-refractivity contribution < 1.29 is 24.2 Å². The smallest absolute Gasteiger partial charge is 0.322 e. The zero-order valence-corrected chi connectivity index (χ0v) is 31.1. The topological polar surface area (TPSA) is 92.7 Å².